The van der Waals surface area contributed by atoms with Gasteiger partial charge < -0.3 is 10.5 Å². The van der Waals surface area contributed by atoms with E-state index in [0.717, 1.165) is 23.3 Å². The number of hydrogen-bond donors (Lipinski definition) is 1. The first kappa shape index (κ1) is 11.3. The van der Waals surface area contributed by atoms with Crippen molar-refractivity contribution in [2.75, 3.05) is 6.61 Å². The van der Waals surface area contributed by atoms with Gasteiger partial charge in [0.15, 0.2) is 0 Å². The molecule has 1 aromatic rings. The molecule has 1 aliphatic rings. The van der Waals surface area contributed by atoms with Crippen molar-refractivity contribution in [3.8, 4) is 5.75 Å². The van der Waals surface area contributed by atoms with E-state index >= 15 is 0 Å². The number of nitrogens with two attached hydrogens (primary N) is 1. The van der Waals surface area contributed by atoms with E-state index in [1.165, 1.54) is 6.92 Å². The average Bonchev–Trinajstić information content (AvgIpc) is 2.63. The average molecular weight is 227 g/mol. The minimum absolute atomic E-state index is 0.179. The van der Waals surface area contributed by atoms with E-state index in [2.05, 4.69) is 0 Å². The predicted octanol–water partition coefficient (Wildman–Crippen LogP) is 2.15. The van der Waals surface area contributed by atoms with Gasteiger partial charge in [-0.05, 0) is 30.5 Å². The lowest BCUT2D eigenvalue weighted by Crippen LogP contribution is -2.45. The Morgan fingerprint density at radius 1 is 1.50 bits per heavy atom. The smallest absolute Gasteiger partial charge is 0.256 e. The van der Waals surface area contributed by atoms with Crippen LogP contribution in [-0.2, 0) is 12.8 Å². The molecule has 16 heavy (non-hydrogen) atoms. The Bertz CT molecular complexity index is 391. The second-order valence-corrected chi connectivity index (χ2v) is 4.52. The predicted molar refractivity (Wildman–Crippen MR) is 57.9 cm³/mol. The summed E-state index contributed by atoms with van der Waals surface area (Å²) in [6, 6.07) is 5.55. The third-order valence-electron chi connectivity index (χ3n) is 2.84. The summed E-state index contributed by atoms with van der Waals surface area (Å²) >= 11 is 0. The van der Waals surface area contributed by atoms with Gasteiger partial charge in [-0.1, -0.05) is 12.1 Å². The van der Waals surface area contributed by atoms with E-state index in [1.807, 2.05) is 12.1 Å². The zero-order valence-electron chi connectivity index (χ0n) is 9.17. The fourth-order valence-electron chi connectivity index (χ4n) is 1.87. The maximum absolute atomic E-state index is 12.6. The van der Waals surface area contributed by atoms with Crippen LogP contribution in [0.1, 0.15) is 18.1 Å². The highest BCUT2D eigenvalue weighted by molar-refractivity contribution is 5.40. The molecule has 0 spiro atoms. The molecule has 4 heteroatoms. The lowest BCUT2D eigenvalue weighted by molar-refractivity contribution is 0.0639. The van der Waals surface area contributed by atoms with Gasteiger partial charge in [0.1, 0.15) is 5.75 Å². The van der Waals surface area contributed by atoms with Crippen LogP contribution in [0.15, 0.2) is 18.2 Å². The number of rotatable bonds is 3. The summed E-state index contributed by atoms with van der Waals surface area (Å²) < 4.78 is 30.6. The molecule has 1 heterocycles. The van der Waals surface area contributed by atoms with Gasteiger partial charge in [-0.3, -0.25) is 0 Å². The van der Waals surface area contributed by atoms with Crippen LogP contribution in [0.3, 0.4) is 0 Å². The van der Waals surface area contributed by atoms with Gasteiger partial charge in [-0.25, -0.2) is 8.78 Å². The van der Waals surface area contributed by atoms with Crippen molar-refractivity contribution in [3.05, 3.63) is 29.3 Å². The Balaban J connectivity index is 2.17. The minimum Gasteiger partial charge on any atom is -0.493 e. The van der Waals surface area contributed by atoms with Crippen molar-refractivity contribution in [1.82, 2.24) is 0 Å². The third-order valence-corrected chi connectivity index (χ3v) is 2.84. The third kappa shape index (κ3) is 2.16. The van der Waals surface area contributed by atoms with Gasteiger partial charge in [0.05, 0.1) is 12.1 Å². The molecule has 0 radical (unpaired) electrons. The number of fused-ring (bicyclic) bond motifs is 1. The van der Waals surface area contributed by atoms with Gasteiger partial charge in [0, 0.05) is 6.42 Å². The molecule has 2 N–H and O–H groups in total. The van der Waals surface area contributed by atoms with E-state index < -0.39 is 12.0 Å². The molecular formula is C12H15F2NO. The fraction of sp³-hybridized carbons (Fsp3) is 0.500. The van der Waals surface area contributed by atoms with E-state index in [9.17, 15) is 8.78 Å². The van der Waals surface area contributed by atoms with Crippen LogP contribution < -0.4 is 10.5 Å². The topological polar surface area (TPSA) is 35.2 Å². The lowest BCUT2D eigenvalue weighted by Gasteiger charge is -2.23. The summed E-state index contributed by atoms with van der Waals surface area (Å²) in [5, 5.41) is 0. The molecule has 1 aromatic carbocycles. The van der Waals surface area contributed by atoms with Crippen LogP contribution in [0.5, 0.6) is 5.75 Å². The quantitative estimate of drug-likeness (QED) is 0.858. The van der Waals surface area contributed by atoms with Crippen LogP contribution >= 0.6 is 0 Å². The molecule has 1 aliphatic heterocycles. The highest BCUT2D eigenvalue weighted by atomic mass is 19.3. The minimum atomic E-state index is -2.52. The van der Waals surface area contributed by atoms with Crippen LogP contribution in [0.4, 0.5) is 8.78 Å². The van der Waals surface area contributed by atoms with Crippen molar-refractivity contribution in [2.24, 2.45) is 5.73 Å². The standard InChI is InChI=1S/C12H15F2NO/c1-12(15,11(13)14)7-8-2-3-10-9(6-8)4-5-16-10/h2-3,6,11H,4-5,7,15H2,1H3. The Kier molecular flexibility index (Phi) is 2.84. The number of ether oxygens (including phenoxy) is 1. The molecule has 1 unspecified atom stereocenters. The summed E-state index contributed by atoms with van der Waals surface area (Å²) in [4.78, 5) is 0. The molecule has 0 saturated carbocycles. The molecule has 88 valence electrons. The molecule has 1 atom stereocenters. The molecule has 0 amide bonds. The molecule has 0 aliphatic carbocycles. The second kappa shape index (κ2) is 4.01. The van der Waals surface area contributed by atoms with Crippen LogP contribution in [0, 0.1) is 0 Å². The van der Waals surface area contributed by atoms with Crippen LogP contribution in [-0.4, -0.2) is 18.6 Å². The fourth-order valence-corrected chi connectivity index (χ4v) is 1.87. The van der Waals surface area contributed by atoms with E-state index in [1.54, 1.807) is 6.07 Å². The summed E-state index contributed by atoms with van der Waals surface area (Å²) in [7, 11) is 0. The number of alkyl halides is 2. The number of benzene rings is 1. The highest BCUT2D eigenvalue weighted by Gasteiger charge is 2.30. The Hall–Kier alpha value is -1.16. The summed E-state index contributed by atoms with van der Waals surface area (Å²) in [6.45, 7) is 2.05. The van der Waals surface area contributed by atoms with E-state index in [-0.39, 0.29) is 6.42 Å². The summed E-state index contributed by atoms with van der Waals surface area (Å²) in [6.07, 6.45) is -1.49. The molecule has 0 bridgehead atoms. The van der Waals surface area contributed by atoms with Gasteiger partial charge in [-0.2, -0.15) is 0 Å². The van der Waals surface area contributed by atoms with Gasteiger partial charge in [-0.15, -0.1) is 0 Å². The van der Waals surface area contributed by atoms with Crippen LogP contribution in [0.2, 0.25) is 0 Å². The van der Waals surface area contributed by atoms with Gasteiger partial charge in [0.25, 0.3) is 6.43 Å². The first-order chi connectivity index (χ1) is 7.49. The van der Waals surface area contributed by atoms with Gasteiger partial charge >= 0.3 is 0 Å². The largest absolute Gasteiger partial charge is 0.493 e. The van der Waals surface area contributed by atoms with Crippen molar-refractivity contribution in [1.29, 1.82) is 0 Å². The summed E-state index contributed by atoms with van der Waals surface area (Å²) in [5.74, 6) is 0.861. The molecule has 2 nitrogen and oxygen atoms in total. The molecule has 0 aromatic heterocycles. The Morgan fingerprint density at radius 2 is 2.25 bits per heavy atom. The molecule has 2 rings (SSSR count). The molecule has 0 saturated heterocycles. The molecular weight excluding hydrogens is 212 g/mol. The van der Waals surface area contributed by atoms with Crippen molar-refractivity contribution < 1.29 is 13.5 Å². The monoisotopic (exact) mass is 227 g/mol. The maximum Gasteiger partial charge on any atom is 0.256 e. The highest BCUT2D eigenvalue weighted by Crippen LogP contribution is 2.28. The number of halogens is 2. The Labute approximate surface area is 93.4 Å². The van der Waals surface area contributed by atoms with Gasteiger partial charge in [0.2, 0.25) is 0 Å². The van der Waals surface area contributed by atoms with Crippen molar-refractivity contribution >= 4 is 0 Å². The van der Waals surface area contributed by atoms with Crippen molar-refractivity contribution in [2.45, 2.75) is 31.7 Å². The van der Waals surface area contributed by atoms with Crippen LogP contribution in [0.25, 0.3) is 0 Å². The lowest BCUT2D eigenvalue weighted by atomic mass is 9.93. The number of hydrogen-bond acceptors (Lipinski definition) is 2. The van der Waals surface area contributed by atoms with E-state index in [0.29, 0.717) is 6.61 Å². The first-order valence-corrected chi connectivity index (χ1v) is 5.31. The van der Waals surface area contributed by atoms with E-state index in [4.69, 9.17) is 10.5 Å². The Morgan fingerprint density at radius 3 is 2.94 bits per heavy atom. The molecule has 0 fully saturated rings. The zero-order chi connectivity index (χ0) is 11.8. The van der Waals surface area contributed by atoms with Crippen molar-refractivity contribution in [3.63, 3.8) is 0 Å². The summed E-state index contributed by atoms with van der Waals surface area (Å²) in [5.41, 5.74) is 6.02. The second-order valence-electron chi connectivity index (χ2n) is 4.52. The zero-order valence-corrected chi connectivity index (χ0v) is 9.17. The normalized spacial score (nSPS) is 18.1. The first-order valence-electron chi connectivity index (χ1n) is 5.31. The maximum atomic E-state index is 12.6. The SMILES string of the molecule is CC(N)(Cc1ccc2c(c1)CCO2)C(F)F.